The van der Waals surface area contributed by atoms with Gasteiger partial charge in [0.15, 0.2) is 29.0 Å². The van der Waals surface area contributed by atoms with Gasteiger partial charge in [-0.05, 0) is 49.2 Å². The summed E-state index contributed by atoms with van der Waals surface area (Å²) >= 11 is 0. The molecule has 0 saturated carbocycles. The number of anilines is 1. The van der Waals surface area contributed by atoms with Gasteiger partial charge < -0.3 is 14.5 Å². The number of nitrogens with one attached hydrogen (secondary N) is 1. The van der Waals surface area contributed by atoms with Crippen LogP contribution in [-0.4, -0.2) is 5.91 Å². The summed E-state index contributed by atoms with van der Waals surface area (Å²) < 4.78 is 64.6. The summed E-state index contributed by atoms with van der Waals surface area (Å²) in [7, 11) is 0. The van der Waals surface area contributed by atoms with Gasteiger partial charge in [0.1, 0.15) is 23.8 Å². The number of rotatable bonds is 5. The minimum atomic E-state index is -1.71. The van der Waals surface area contributed by atoms with Crippen molar-refractivity contribution in [1.82, 2.24) is 0 Å². The topological polar surface area (TPSA) is 51.5 Å². The maximum atomic E-state index is 13.6. The van der Waals surface area contributed by atoms with Crippen molar-refractivity contribution < 1.29 is 31.5 Å². The van der Waals surface area contributed by atoms with Crippen LogP contribution in [0.5, 0.6) is 5.75 Å². The standard InChI is InChI=1S/C20H15F4NO3/c1-10-3-4-12(7-11(10)2)27-9-13-5-6-16(28-13)20(26)25-19-17(23)14(21)8-15(22)18(19)24/h3-8H,9H2,1-2H3,(H,25,26). The summed E-state index contributed by atoms with van der Waals surface area (Å²) in [5.41, 5.74) is 0.924. The Balaban J connectivity index is 1.70. The second kappa shape index (κ2) is 7.75. The van der Waals surface area contributed by atoms with Crippen LogP contribution in [0.1, 0.15) is 27.4 Å². The number of carbonyl (C=O) groups excluding carboxylic acids is 1. The summed E-state index contributed by atoms with van der Waals surface area (Å²) in [6.45, 7) is 3.91. The van der Waals surface area contributed by atoms with Gasteiger partial charge in [0.2, 0.25) is 0 Å². The second-order valence-electron chi connectivity index (χ2n) is 6.10. The van der Waals surface area contributed by atoms with E-state index in [4.69, 9.17) is 9.15 Å². The molecule has 146 valence electrons. The van der Waals surface area contributed by atoms with E-state index in [1.165, 1.54) is 12.1 Å². The smallest absolute Gasteiger partial charge is 0.291 e. The Labute approximate surface area is 157 Å². The number of hydrogen-bond acceptors (Lipinski definition) is 3. The summed E-state index contributed by atoms with van der Waals surface area (Å²) in [4.78, 5) is 12.1. The van der Waals surface area contributed by atoms with Gasteiger partial charge in [0.25, 0.3) is 5.91 Å². The predicted octanol–water partition coefficient (Wildman–Crippen LogP) is 5.28. The first kappa shape index (κ1) is 19.5. The van der Waals surface area contributed by atoms with E-state index >= 15 is 0 Å². The van der Waals surface area contributed by atoms with Gasteiger partial charge in [0, 0.05) is 6.07 Å². The fourth-order valence-corrected chi connectivity index (χ4v) is 2.39. The van der Waals surface area contributed by atoms with Gasteiger partial charge in [-0.3, -0.25) is 4.79 Å². The lowest BCUT2D eigenvalue weighted by atomic mass is 10.1. The van der Waals surface area contributed by atoms with E-state index in [0.29, 0.717) is 5.75 Å². The molecular weight excluding hydrogens is 378 g/mol. The molecule has 1 amide bonds. The van der Waals surface area contributed by atoms with Crippen LogP contribution in [0.25, 0.3) is 0 Å². The second-order valence-corrected chi connectivity index (χ2v) is 6.10. The SMILES string of the molecule is Cc1ccc(OCc2ccc(C(=O)Nc3c(F)c(F)cc(F)c3F)o2)cc1C. The maximum Gasteiger partial charge on any atom is 0.291 e. The highest BCUT2D eigenvalue weighted by Crippen LogP contribution is 2.25. The number of benzene rings is 2. The van der Waals surface area contributed by atoms with Gasteiger partial charge in [-0.15, -0.1) is 0 Å². The highest BCUT2D eigenvalue weighted by atomic mass is 19.2. The van der Waals surface area contributed by atoms with Gasteiger partial charge in [0.05, 0.1) is 0 Å². The average molecular weight is 393 g/mol. The molecule has 0 spiro atoms. The van der Waals surface area contributed by atoms with Crippen LogP contribution in [-0.2, 0) is 6.61 Å². The molecule has 0 aliphatic carbocycles. The molecule has 3 aromatic rings. The maximum absolute atomic E-state index is 13.6. The molecule has 8 heteroatoms. The van der Waals surface area contributed by atoms with Crippen molar-refractivity contribution in [3.8, 4) is 5.75 Å². The third-order valence-electron chi connectivity index (χ3n) is 4.10. The zero-order chi connectivity index (χ0) is 20.4. The van der Waals surface area contributed by atoms with Gasteiger partial charge >= 0.3 is 0 Å². The molecule has 1 N–H and O–H groups in total. The monoisotopic (exact) mass is 393 g/mol. The Morgan fingerprint density at radius 2 is 1.64 bits per heavy atom. The Kier molecular flexibility index (Phi) is 5.39. The Hall–Kier alpha value is -3.29. The molecule has 0 unspecified atom stereocenters. The molecule has 0 bridgehead atoms. The van der Waals surface area contributed by atoms with E-state index in [-0.39, 0.29) is 24.2 Å². The van der Waals surface area contributed by atoms with Crippen LogP contribution in [0.2, 0.25) is 0 Å². The molecule has 0 aliphatic heterocycles. The largest absolute Gasteiger partial charge is 0.486 e. The van der Waals surface area contributed by atoms with Crippen LogP contribution in [0.4, 0.5) is 23.2 Å². The quantitative estimate of drug-likeness (QED) is 0.474. The van der Waals surface area contributed by atoms with Gasteiger partial charge in [-0.25, -0.2) is 17.6 Å². The Bertz CT molecular complexity index is 1020. The molecule has 0 saturated heterocycles. The molecular formula is C20H15F4NO3. The van der Waals surface area contributed by atoms with E-state index in [2.05, 4.69) is 0 Å². The van der Waals surface area contributed by atoms with Crippen LogP contribution < -0.4 is 10.1 Å². The minimum absolute atomic E-state index is 0.00704. The number of ether oxygens (including phenoxy) is 1. The molecule has 0 atom stereocenters. The number of hydrogen-bond donors (Lipinski definition) is 1. The molecule has 0 radical (unpaired) electrons. The molecule has 0 fully saturated rings. The highest BCUT2D eigenvalue weighted by molar-refractivity contribution is 6.02. The van der Waals surface area contributed by atoms with Crippen LogP contribution in [0.15, 0.2) is 40.8 Å². The number of furan rings is 1. The normalized spacial score (nSPS) is 10.8. The number of amides is 1. The third-order valence-corrected chi connectivity index (χ3v) is 4.10. The lowest BCUT2D eigenvalue weighted by Crippen LogP contribution is -2.15. The Morgan fingerprint density at radius 3 is 2.29 bits per heavy atom. The molecule has 3 rings (SSSR count). The van der Waals surface area contributed by atoms with Crippen LogP contribution in [0.3, 0.4) is 0 Å². The van der Waals surface area contributed by atoms with Gasteiger partial charge in [-0.1, -0.05) is 6.07 Å². The third kappa shape index (κ3) is 4.00. The van der Waals surface area contributed by atoms with Crippen molar-refractivity contribution in [2.24, 2.45) is 0 Å². The number of halogens is 4. The fraction of sp³-hybridized carbons (Fsp3) is 0.150. The molecule has 1 aromatic heterocycles. The summed E-state index contributed by atoms with van der Waals surface area (Å²) in [5, 5.41) is 1.77. The molecule has 0 aliphatic rings. The van der Waals surface area contributed by atoms with Gasteiger partial charge in [-0.2, -0.15) is 0 Å². The Morgan fingerprint density at radius 1 is 0.964 bits per heavy atom. The van der Waals surface area contributed by atoms with Crippen LogP contribution in [0, 0.1) is 37.1 Å². The van der Waals surface area contributed by atoms with Crippen LogP contribution >= 0.6 is 0 Å². The summed E-state index contributed by atoms with van der Waals surface area (Å²) in [6.07, 6.45) is 0. The molecule has 2 aromatic carbocycles. The van der Waals surface area contributed by atoms with E-state index in [0.717, 1.165) is 11.1 Å². The first-order valence-electron chi connectivity index (χ1n) is 8.19. The first-order chi connectivity index (χ1) is 13.3. The summed E-state index contributed by atoms with van der Waals surface area (Å²) in [6, 6.07) is 8.26. The fourth-order valence-electron chi connectivity index (χ4n) is 2.39. The predicted molar refractivity (Wildman–Crippen MR) is 93.2 cm³/mol. The molecule has 4 nitrogen and oxygen atoms in total. The van der Waals surface area contributed by atoms with Crippen molar-refractivity contribution in [3.05, 3.63) is 82.3 Å². The minimum Gasteiger partial charge on any atom is -0.486 e. The van der Waals surface area contributed by atoms with Crippen molar-refractivity contribution in [3.63, 3.8) is 0 Å². The van der Waals surface area contributed by atoms with Crippen molar-refractivity contribution in [1.29, 1.82) is 0 Å². The molecule has 28 heavy (non-hydrogen) atoms. The first-order valence-corrected chi connectivity index (χ1v) is 8.19. The van der Waals surface area contributed by atoms with Crippen molar-refractivity contribution in [2.45, 2.75) is 20.5 Å². The van der Waals surface area contributed by atoms with Crippen molar-refractivity contribution in [2.75, 3.05) is 5.32 Å². The number of carbonyl (C=O) groups is 1. The zero-order valence-electron chi connectivity index (χ0n) is 14.9. The van der Waals surface area contributed by atoms with E-state index in [1.807, 2.05) is 26.0 Å². The lowest BCUT2D eigenvalue weighted by Gasteiger charge is -2.08. The van der Waals surface area contributed by atoms with E-state index in [9.17, 15) is 22.4 Å². The number of aryl methyl sites for hydroxylation is 2. The summed E-state index contributed by atoms with van der Waals surface area (Å²) in [5.74, 6) is -7.18. The average Bonchev–Trinajstić information content (AvgIpc) is 3.13. The van der Waals surface area contributed by atoms with Crippen molar-refractivity contribution >= 4 is 11.6 Å². The highest BCUT2D eigenvalue weighted by Gasteiger charge is 2.22. The zero-order valence-corrected chi connectivity index (χ0v) is 14.9. The lowest BCUT2D eigenvalue weighted by molar-refractivity contribution is 0.0991. The van der Waals surface area contributed by atoms with E-state index < -0.39 is 34.9 Å². The van der Waals surface area contributed by atoms with E-state index in [1.54, 1.807) is 11.4 Å². The molecule has 1 heterocycles.